The normalized spacial score (nSPS) is 11.6. The number of aryl methyl sites for hydroxylation is 2. The highest BCUT2D eigenvalue weighted by atomic mass is 32.2. The number of nitrogens with one attached hydrogen (secondary N) is 1. The van der Waals surface area contributed by atoms with Gasteiger partial charge < -0.3 is 4.52 Å². The molecule has 2 heterocycles. The molecule has 120 valence electrons. The van der Waals surface area contributed by atoms with Crippen LogP contribution in [0.25, 0.3) is 10.6 Å². The summed E-state index contributed by atoms with van der Waals surface area (Å²) in [5, 5.41) is 3.80. The van der Waals surface area contributed by atoms with Crippen molar-refractivity contribution >= 4 is 27.0 Å². The lowest BCUT2D eigenvalue weighted by Crippen LogP contribution is -2.13. The molecular weight excluding hydrogens is 339 g/mol. The average Bonchev–Trinajstić information content (AvgIpc) is 3.07. The van der Waals surface area contributed by atoms with Crippen LogP contribution in [-0.4, -0.2) is 13.6 Å². The highest BCUT2D eigenvalue weighted by Crippen LogP contribution is 2.34. The second kappa shape index (κ2) is 5.78. The van der Waals surface area contributed by atoms with E-state index in [1.165, 1.54) is 35.6 Å². The van der Waals surface area contributed by atoms with Crippen molar-refractivity contribution in [3.63, 3.8) is 0 Å². The summed E-state index contributed by atoms with van der Waals surface area (Å²) in [5.74, 6) is 0.0986. The summed E-state index contributed by atoms with van der Waals surface area (Å²) in [6, 6.07) is 8.42. The summed E-state index contributed by atoms with van der Waals surface area (Å²) in [7, 11) is -3.76. The van der Waals surface area contributed by atoms with E-state index in [1.54, 1.807) is 26.0 Å². The van der Waals surface area contributed by atoms with Crippen LogP contribution >= 0.6 is 11.3 Å². The van der Waals surface area contributed by atoms with Crippen LogP contribution in [0.5, 0.6) is 0 Å². The number of hydrogen-bond acceptors (Lipinski definition) is 5. The molecule has 0 aliphatic rings. The van der Waals surface area contributed by atoms with Crippen molar-refractivity contribution in [3.8, 4) is 10.6 Å². The quantitative estimate of drug-likeness (QED) is 0.771. The molecule has 0 aliphatic carbocycles. The number of anilines is 1. The minimum atomic E-state index is -3.76. The highest BCUT2D eigenvalue weighted by Gasteiger charge is 2.22. The zero-order valence-corrected chi connectivity index (χ0v) is 14.0. The first-order valence-corrected chi connectivity index (χ1v) is 8.97. The minimum absolute atomic E-state index is 0.163. The first-order chi connectivity index (χ1) is 10.8. The van der Waals surface area contributed by atoms with Gasteiger partial charge in [0.15, 0.2) is 5.76 Å². The molecule has 0 saturated carbocycles. The van der Waals surface area contributed by atoms with E-state index in [9.17, 15) is 12.8 Å². The predicted molar refractivity (Wildman–Crippen MR) is 86.5 cm³/mol. The maximum absolute atomic E-state index is 12.9. The molecule has 0 saturated heterocycles. The lowest BCUT2D eigenvalue weighted by molar-refractivity contribution is 0.428. The summed E-state index contributed by atoms with van der Waals surface area (Å²) >= 11 is 1.31. The van der Waals surface area contributed by atoms with Crippen LogP contribution in [0.1, 0.15) is 10.6 Å². The Kier molecular flexibility index (Phi) is 3.95. The molecule has 0 atom stereocenters. The fourth-order valence-electron chi connectivity index (χ4n) is 2.06. The van der Waals surface area contributed by atoms with Gasteiger partial charge in [-0.3, -0.25) is 4.72 Å². The van der Waals surface area contributed by atoms with E-state index >= 15 is 0 Å². The third-order valence-corrected chi connectivity index (χ3v) is 5.83. The molecule has 0 fully saturated rings. The molecule has 0 bridgehead atoms. The van der Waals surface area contributed by atoms with Gasteiger partial charge in [-0.1, -0.05) is 5.16 Å². The molecule has 1 aromatic carbocycles. The van der Waals surface area contributed by atoms with E-state index in [0.717, 1.165) is 5.69 Å². The van der Waals surface area contributed by atoms with Crippen LogP contribution in [0, 0.1) is 19.7 Å². The molecule has 0 aliphatic heterocycles. The van der Waals surface area contributed by atoms with E-state index in [2.05, 4.69) is 9.88 Å². The standard InChI is InChI=1S/C15H13FN2O3S2/c1-9-7-13(21-17-9)14-8-15(10(2)22-14)23(19,20)18-12-5-3-11(16)4-6-12/h3-8,18H,1-2H3. The van der Waals surface area contributed by atoms with Gasteiger partial charge in [0, 0.05) is 16.6 Å². The second-order valence-electron chi connectivity index (χ2n) is 4.98. The summed E-state index contributed by atoms with van der Waals surface area (Å²) < 4.78 is 45.5. The van der Waals surface area contributed by atoms with E-state index in [0.29, 0.717) is 21.2 Å². The Morgan fingerprint density at radius 1 is 1.17 bits per heavy atom. The molecule has 5 nitrogen and oxygen atoms in total. The van der Waals surface area contributed by atoms with Gasteiger partial charge in [-0.2, -0.15) is 0 Å². The number of halogens is 1. The van der Waals surface area contributed by atoms with Crippen molar-refractivity contribution < 1.29 is 17.3 Å². The number of thiophene rings is 1. The topological polar surface area (TPSA) is 72.2 Å². The maximum atomic E-state index is 12.9. The number of nitrogens with zero attached hydrogens (tertiary/aromatic N) is 1. The molecule has 23 heavy (non-hydrogen) atoms. The Morgan fingerprint density at radius 3 is 2.48 bits per heavy atom. The fourth-order valence-corrected chi connectivity index (χ4v) is 4.66. The second-order valence-corrected chi connectivity index (χ2v) is 7.88. The Morgan fingerprint density at radius 2 is 1.87 bits per heavy atom. The third-order valence-electron chi connectivity index (χ3n) is 3.13. The third kappa shape index (κ3) is 3.27. The minimum Gasteiger partial charge on any atom is -0.355 e. The number of sulfonamides is 1. The van der Waals surface area contributed by atoms with Gasteiger partial charge in [0.25, 0.3) is 10.0 Å². The number of rotatable bonds is 4. The molecule has 8 heteroatoms. The van der Waals surface area contributed by atoms with E-state index in [1.807, 2.05) is 0 Å². The van der Waals surface area contributed by atoms with Crippen molar-refractivity contribution in [1.82, 2.24) is 5.16 Å². The van der Waals surface area contributed by atoms with Gasteiger partial charge in [-0.15, -0.1) is 11.3 Å². The van der Waals surface area contributed by atoms with Crippen LogP contribution in [0.2, 0.25) is 0 Å². The van der Waals surface area contributed by atoms with Gasteiger partial charge in [0.05, 0.1) is 10.6 Å². The van der Waals surface area contributed by atoms with Crippen molar-refractivity contribution in [2.24, 2.45) is 0 Å². The van der Waals surface area contributed by atoms with Crippen molar-refractivity contribution in [1.29, 1.82) is 0 Å². The smallest absolute Gasteiger partial charge is 0.263 e. The monoisotopic (exact) mass is 352 g/mol. The van der Waals surface area contributed by atoms with Gasteiger partial charge in [0.2, 0.25) is 0 Å². The van der Waals surface area contributed by atoms with Crippen LogP contribution < -0.4 is 4.72 Å². The van der Waals surface area contributed by atoms with Gasteiger partial charge in [-0.25, -0.2) is 12.8 Å². The summed E-state index contributed by atoms with van der Waals surface area (Å²) in [5.41, 5.74) is 1.02. The molecule has 3 rings (SSSR count). The zero-order chi connectivity index (χ0) is 16.6. The van der Waals surface area contributed by atoms with Crippen molar-refractivity contribution in [2.75, 3.05) is 4.72 Å². The first kappa shape index (κ1) is 15.7. The van der Waals surface area contributed by atoms with Crippen LogP contribution in [0.3, 0.4) is 0 Å². The lowest BCUT2D eigenvalue weighted by atomic mass is 10.3. The molecule has 3 aromatic rings. The van der Waals surface area contributed by atoms with Gasteiger partial charge >= 0.3 is 0 Å². The van der Waals surface area contributed by atoms with E-state index in [-0.39, 0.29) is 4.90 Å². The van der Waals surface area contributed by atoms with Crippen LogP contribution in [0.4, 0.5) is 10.1 Å². The number of benzene rings is 1. The van der Waals surface area contributed by atoms with Gasteiger partial charge in [0.1, 0.15) is 10.7 Å². The molecule has 1 N–H and O–H groups in total. The van der Waals surface area contributed by atoms with E-state index < -0.39 is 15.8 Å². The molecule has 2 aromatic heterocycles. The van der Waals surface area contributed by atoms with Crippen molar-refractivity contribution in [3.05, 3.63) is 52.8 Å². The molecule has 0 spiro atoms. The summed E-state index contributed by atoms with van der Waals surface area (Å²) in [6.45, 7) is 3.51. The Balaban J connectivity index is 1.94. The number of aromatic nitrogens is 1. The summed E-state index contributed by atoms with van der Waals surface area (Å²) in [6.07, 6.45) is 0. The molecular formula is C15H13FN2O3S2. The fraction of sp³-hybridized carbons (Fsp3) is 0.133. The van der Waals surface area contributed by atoms with Crippen LogP contribution in [-0.2, 0) is 10.0 Å². The Labute approximate surface area is 136 Å². The maximum Gasteiger partial charge on any atom is 0.263 e. The molecule has 0 amide bonds. The SMILES string of the molecule is Cc1cc(-c2cc(S(=O)(=O)Nc3ccc(F)cc3)c(C)s2)on1. The van der Waals surface area contributed by atoms with Gasteiger partial charge in [-0.05, 0) is 44.2 Å². The van der Waals surface area contributed by atoms with Crippen molar-refractivity contribution in [2.45, 2.75) is 18.7 Å². The largest absolute Gasteiger partial charge is 0.355 e. The Bertz CT molecular complexity index is 944. The van der Waals surface area contributed by atoms with Crippen LogP contribution in [0.15, 0.2) is 45.8 Å². The Hall–Kier alpha value is -2.19. The first-order valence-electron chi connectivity index (χ1n) is 6.68. The lowest BCUT2D eigenvalue weighted by Gasteiger charge is -2.07. The predicted octanol–water partition coefficient (Wildman–Crippen LogP) is 3.96. The zero-order valence-electron chi connectivity index (χ0n) is 12.3. The molecule has 0 unspecified atom stereocenters. The average molecular weight is 352 g/mol. The molecule has 0 radical (unpaired) electrons. The number of hydrogen-bond donors (Lipinski definition) is 1. The summed E-state index contributed by atoms with van der Waals surface area (Å²) in [4.78, 5) is 1.47. The van der Waals surface area contributed by atoms with E-state index in [4.69, 9.17) is 4.52 Å². The highest BCUT2D eigenvalue weighted by molar-refractivity contribution is 7.93.